The molecule has 1 aliphatic heterocycles. The van der Waals surface area contributed by atoms with Crippen LogP contribution in [0.25, 0.3) is 6.08 Å². The first kappa shape index (κ1) is 13.2. The Balaban J connectivity index is 2.07. The quantitative estimate of drug-likeness (QED) is 0.756. The van der Waals surface area contributed by atoms with Crippen molar-refractivity contribution in [2.45, 2.75) is 18.6 Å². The molecule has 1 amide bonds. The van der Waals surface area contributed by atoms with E-state index in [9.17, 15) is 14.7 Å². The van der Waals surface area contributed by atoms with Gasteiger partial charge in [0, 0.05) is 31.4 Å². The highest BCUT2D eigenvalue weighted by Gasteiger charge is 2.37. The molecule has 2 atom stereocenters. The van der Waals surface area contributed by atoms with Crippen molar-refractivity contribution in [1.82, 2.24) is 9.88 Å². The van der Waals surface area contributed by atoms with E-state index in [4.69, 9.17) is 5.11 Å². The van der Waals surface area contributed by atoms with E-state index in [1.54, 1.807) is 30.6 Å². The first-order chi connectivity index (χ1) is 9.08. The Kier molecular flexibility index (Phi) is 3.91. The maximum atomic E-state index is 11.9. The molecule has 2 N–H and O–H groups in total. The Morgan fingerprint density at radius 1 is 1.47 bits per heavy atom. The second-order valence-corrected chi connectivity index (χ2v) is 4.35. The summed E-state index contributed by atoms with van der Waals surface area (Å²) in [5, 5.41) is 18.5. The number of nitrogens with zero attached hydrogens (tertiary/aromatic N) is 2. The molecule has 0 aromatic carbocycles. The maximum Gasteiger partial charge on any atom is 0.326 e. The van der Waals surface area contributed by atoms with Crippen molar-refractivity contribution in [3.05, 3.63) is 36.2 Å². The minimum absolute atomic E-state index is 0.0488. The third kappa shape index (κ3) is 3.17. The number of rotatable bonds is 3. The molecular weight excluding hydrogens is 248 g/mol. The Labute approximate surface area is 110 Å². The Morgan fingerprint density at radius 3 is 2.89 bits per heavy atom. The van der Waals surface area contributed by atoms with Gasteiger partial charge in [-0.1, -0.05) is 6.07 Å². The fourth-order valence-corrected chi connectivity index (χ4v) is 2.03. The van der Waals surface area contributed by atoms with Gasteiger partial charge in [0.25, 0.3) is 0 Å². The maximum absolute atomic E-state index is 11.9. The number of aromatic nitrogens is 1. The lowest BCUT2D eigenvalue weighted by atomic mass is 10.2. The third-order valence-corrected chi connectivity index (χ3v) is 2.95. The van der Waals surface area contributed by atoms with E-state index in [-0.39, 0.29) is 13.0 Å². The summed E-state index contributed by atoms with van der Waals surface area (Å²) in [5.41, 5.74) is 0.752. The number of aliphatic carboxylic acids is 1. The third-order valence-electron chi connectivity index (χ3n) is 2.95. The summed E-state index contributed by atoms with van der Waals surface area (Å²) in [7, 11) is 0. The molecule has 0 aliphatic carbocycles. The SMILES string of the molecule is O=C(O)[C@@H]1C[C@@H](O)CN1C(=O)/C=C/c1cccnc1. The average Bonchev–Trinajstić information content (AvgIpc) is 2.79. The van der Waals surface area contributed by atoms with Gasteiger partial charge in [-0.05, 0) is 17.7 Å². The molecule has 0 spiro atoms. The molecule has 100 valence electrons. The molecule has 1 saturated heterocycles. The number of amides is 1. The van der Waals surface area contributed by atoms with E-state index in [0.717, 1.165) is 5.56 Å². The molecule has 0 bridgehead atoms. The van der Waals surface area contributed by atoms with Gasteiger partial charge >= 0.3 is 5.97 Å². The highest BCUT2D eigenvalue weighted by atomic mass is 16.4. The van der Waals surface area contributed by atoms with Crippen molar-refractivity contribution in [3.8, 4) is 0 Å². The first-order valence-corrected chi connectivity index (χ1v) is 5.87. The molecule has 0 radical (unpaired) electrons. The first-order valence-electron chi connectivity index (χ1n) is 5.87. The van der Waals surface area contributed by atoms with Crippen LogP contribution in [-0.4, -0.2) is 50.7 Å². The van der Waals surface area contributed by atoms with Crippen LogP contribution in [0.1, 0.15) is 12.0 Å². The summed E-state index contributed by atoms with van der Waals surface area (Å²) in [6.45, 7) is 0.0488. The highest BCUT2D eigenvalue weighted by Crippen LogP contribution is 2.18. The molecule has 0 saturated carbocycles. The molecule has 1 aromatic rings. The topological polar surface area (TPSA) is 90.7 Å². The summed E-state index contributed by atoms with van der Waals surface area (Å²) >= 11 is 0. The Hall–Kier alpha value is -2.21. The van der Waals surface area contributed by atoms with E-state index in [1.807, 2.05) is 0 Å². The zero-order valence-electron chi connectivity index (χ0n) is 10.1. The molecule has 6 nitrogen and oxygen atoms in total. The second kappa shape index (κ2) is 5.62. The van der Waals surface area contributed by atoms with Gasteiger partial charge in [0.05, 0.1) is 6.10 Å². The van der Waals surface area contributed by atoms with Crippen LogP contribution in [0.15, 0.2) is 30.6 Å². The van der Waals surface area contributed by atoms with Gasteiger partial charge in [0.15, 0.2) is 0 Å². The van der Waals surface area contributed by atoms with Crippen LogP contribution >= 0.6 is 0 Å². The van der Waals surface area contributed by atoms with Gasteiger partial charge in [-0.15, -0.1) is 0 Å². The summed E-state index contributed by atoms with van der Waals surface area (Å²) < 4.78 is 0. The molecule has 19 heavy (non-hydrogen) atoms. The lowest BCUT2D eigenvalue weighted by Crippen LogP contribution is -2.39. The zero-order chi connectivity index (χ0) is 13.8. The molecule has 2 heterocycles. The number of β-amino-alcohol motifs (C(OH)–C–C–N with tert-alkyl or cyclic N) is 1. The molecular formula is C13H14N2O4. The molecule has 1 aliphatic rings. The monoisotopic (exact) mass is 262 g/mol. The van der Waals surface area contributed by atoms with E-state index < -0.39 is 24.0 Å². The lowest BCUT2D eigenvalue weighted by Gasteiger charge is -2.19. The largest absolute Gasteiger partial charge is 0.480 e. The Morgan fingerprint density at radius 2 is 2.26 bits per heavy atom. The minimum atomic E-state index is -1.10. The molecule has 1 aromatic heterocycles. The second-order valence-electron chi connectivity index (χ2n) is 4.35. The van der Waals surface area contributed by atoms with Crippen molar-refractivity contribution in [3.63, 3.8) is 0 Å². The number of carbonyl (C=O) groups excluding carboxylic acids is 1. The average molecular weight is 262 g/mol. The number of aliphatic hydroxyl groups excluding tert-OH is 1. The summed E-state index contributed by atoms with van der Waals surface area (Å²) in [6.07, 6.45) is 5.37. The predicted molar refractivity (Wildman–Crippen MR) is 67.0 cm³/mol. The fourth-order valence-electron chi connectivity index (χ4n) is 2.03. The van der Waals surface area contributed by atoms with Gasteiger partial charge in [-0.2, -0.15) is 0 Å². The van der Waals surface area contributed by atoms with Crippen LogP contribution < -0.4 is 0 Å². The number of pyridine rings is 1. The standard InChI is InChI=1S/C13H14N2O4/c16-10-6-11(13(18)19)15(8-10)12(17)4-3-9-2-1-5-14-7-9/h1-5,7,10-11,16H,6,8H2,(H,18,19)/b4-3+/t10-,11+/m1/s1. The number of carbonyl (C=O) groups is 2. The van der Waals surface area contributed by atoms with Gasteiger partial charge < -0.3 is 15.1 Å². The summed E-state index contributed by atoms with van der Waals surface area (Å²) in [6, 6.07) is 2.56. The van der Waals surface area contributed by atoms with Crippen LogP contribution in [0, 0.1) is 0 Å². The number of carboxylic acids is 1. The number of aliphatic hydroxyl groups is 1. The number of carboxylic acid groups (broad SMARTS) is 1. The summed E-state index contributed by atoms with van der Waals surface area (Å²) in [4.78, 5) is 28.0. The van der Waals surface area contributed by atoms with Crippen LogP contribution in [0.4, 0.5) is 0 Å². The van der Waals surface area contributed by atoms with Crippen molar-refractivity contribution < 1.29 is 19.8 Å². The van der Waals surface area contributed by atoms with Crippen LogP contribution in [0.2, 0.25) is 0 Å². The molecule has 1 fully saturated rings. The van der Waals surface area contributed by atoms with Gasteiger partial charge in [0.2, 0.25) is 5.91 Å². The lowest BCUT2D eigenvalue weighted by molar-refractivity contribution is -0.146. The molecule has 0 unspecified atom stereocenters. The fraction of sp³-hybridized carbons (Fsp3) is 0.308. The molecule has 6 heteroatoms. The van der Waals surface area contributed by atoms with Crippen LogP contribution in [0.3, 0.4) is 0 Å². The van der Waals surface area contributed by atoms with Crippen molar-refractivity contribution in [2.24, 2.45) is 0 Å². The van der Waals surface area contributed by atoms with E-state index in [0.29, 0.717) is 0 Å². The summed E-state index contributed by atoms with van der Waals surface area (Å²) in [5.74, 6) is -1.52. The van der Waals surface area contributed by atoms with Crippen LogP contribution in [0.5, 0.6) is 0 Å². The van der Waals surface area contributed by atoms with Gasteiger partial charge in [-0.25, -0.2) is 4.79 Å². The van der Waals surface area contributed by atoms with Crippen LogP contribution in [-0.2, 0) is 9.59 Å². The highest BCUT2D eigenvalue weighted by molar-refractivity contribution is 5.94. The van der Waals surface area contributed by atoms with Crippen molar-refractivity contribution in [2.75, 3.05) is 6.54 Å². The van der Waals surface area contributed by atoms with Crippen molar-refractivity contribution in [1.29, 1.82) is 0 Å². The van der Waals surface area contributed by atoms with E-state index in [2.05, 4.69) is 4.98 Å². The number of likely N-dealkylation sites (tertiary alicyclic amines) is 1. The Bertz CT molecular complexity index is 501. The normalized spacial score (nSPS) is 22.9. The smallest absolute Gasteiger partial charge is 0.326 e. The van der Waals surface area contributed by atoms with Gasteiger partial charge in [-0.3, -0.25) is 9.78 Å². The van der Waals surface area contributed by atoms with Crippen molar-refractivity contribution >= 4 is 18.0 Å². The van der Waals surface area contributed by atoms with E-state index in [1.165, 1.54) is 11.0 Å². The number of hydrogen-bond donors (Lipinski definition) is 2. The predicted octanol–water partition coefficient (Wildman–Crippen LogP) is 0.141. The zero-order valence-corrected chi connectivity index (χ0v) is 10.1. The van der Waals surface area contributed by atoms with E-state index >= 15 is 0 Å². The van der Waals surface area contributed by atoms with Gasteiger partial charge in [0.1, 0.15) is 6.04 Å². The molecule has 2 rings (SSSR count). The number of hydrogen-bond acceptors (Lipinski definition) is 4. The minimum Gasteiger partial charge on any atom is -0.480 e.